The Morgan fingerprint density at radius 3 is 2.69 bits per heavy atom. The molecule has 3 aliphatic rings. The lowest BCUT2D eigenvalue weighted by Crippen LogP contribution is -2.49. The largest absolute Gasteiger partial charge is 0.475 e. The van der Waals surface area contributed by atoms with E-state index in [9.17, 15) is 14.7 Å². The van der Waals surface area contributed by atoms with E-state index in [0.29, 0.717) is 38.1 Å². The maximum atomic E-state index is 14.0. The number of benzene rings is 3. The zero-order valence-corrected chi connectivity index (χ0v) is 21.5. The zero-order valence-electron chi connectivity index (χ0n) is 20.8. The number of hydrogen-bond donors (Lipinski definition) is 1. The molecule has 3 aliphatic heterocycles. The molecular weight excluding hydrogens is 522 g/mol. The van der Waals surface area contributed by atoms with Gasteiger partial charge in [0.05, 0.1) is 47.8 Å². The predicted molar refractivity (Wildman–Crippen MR) is 142 cm³/mol. The fourth-order valence-corrected chi connectivity index (χ4v) is 6.91. The summed E-state index contributed by atoms with van der Waals surface area (Å²) in [6.07, 6.45) is -0.479. The number of anilines is 1. The summed E-state index contributed by atoms with van der Waals surface area (Å²) in [5.74, 6) is -2.15. The number of aliphatic hydroxyl groups is 1. The Morgan fingerprint density at radius 1 is 1.13 bits per heavy atom. The van der Waals surface area contributed by atoms with E-state index in [0.717, 1.165) is 0 Å². The van der Waals surface area contributed by atoms with Gasteiger partial charge in [-0.05, 0) is 47.1 Å². The molecule has 1 N–H and O–H groups in total. The minimum atomic E-state index is -1.22. The van der Waals surface area contributed by atoms with Crippen LogP contribution in [0.5, 0.6) is 5.88 Å². The number of carbonyl (C=O) groups excluding carboxylic acids is 2. The number of aromatic nitrogens is 1. The summed E-state index contributed by atoms with van der Waals surface area (Å²) >= 11 is 6.11. The predicted octanol–water partition coefficient (Wildman–Crippen LogP) is 5.05. The number of aliphatic hydroxyl groups excluding tert-OH is 1. The van der Waals surface area contributed by atoms with Gasteiger partial charge < -0.3 is 19.1 Å². The van der Waals surface area contributed by atoms with E-state index in [2.05, 4.69) is 10.0 Å². The van der Waals surface area contributed by atoms with Crippen LogP contribution >= 0.6 is 11.6 Å². The average Bonchev–Trinajstić information content (AvgIpc) is 3.60. The Bertz CT molecular complexity index is 1750. The Labute approximate surface area is 227 Å². The summed E-state index contributed by atoms with van der Waals surface area (Å²) in [7, 11) is 0. The van der Waals surface area contributed by atoms with E-state index in [1.54, 1.807) is 49.4 Å². The van der Waals surface area contributed by atoms with E-state index in [1.807, 2.05) is 12.1 Å². The number of ether oxygens (including phenoxy) is 2. The van der Waals surface area contributed by atoms with Gasteiger partial charge in [0.25, 0.3) is 5.88 Å². The highest BCUT2D eigenvalue weighted by atomic mass is 35.5. The molecule has 0 spiro atoms. The molecule has 5 atom stereocenters. The van der Waals surface area contributed by atoms with Crippen LogP contribution in [0.1, 0.15) is 19.8 Å². The summed E-state index contributed by atoms with van der Waals surface area (Å²) in [5.41, 5.74) is -0.916. The van der Waals surface area contributed by atoms with Crippen LogP contribution in [-0.4, -0.2) is 46.0 Å². The third-order valence-electron chi connectivity index (χ3n) is 8.52. The van der Waals surface area contributed by atoms with Gasteiger partial charge in [0, 0.05) is 17.9 Å². The monoisotopic (exact) mass is 543 g/mol. The summed E-state index contributed by atoms with van der Waals surface area (Å²) in [6.45, 7) is 9.32. The van der Waals surface area contributed by atoms with Crippen molar-refractivity contribution in [3.8, 4) is 5.88 Å². The van der Waals surface area contributed by atoms with Crippen LogP contribution in [0.2, 0.25) is 5.02 Å². The van der Waals surface area contributed by atoms with Crippen molar-refractivity contribution in [3.63, 3.8) is 0 Å². The van der Waals surface area contributed by atoms with Crippen LogP contribution in [0.3, 0.4) is 0 Å². The van der Waals surface area contributed by atoms with Crippen LogP contribution < -0.4 is 9.64 Å². The van der Waals surface area contributed by atoms with Gasteiger partial charge in [-0.1, -0.05) is 41.9 Å². The highest BCUT2D eigenvalue weighted by molar-refractivity contribution is 6.31. The maximum Gasteiger partial charge on any atom is 0.262 e. The quantitative estimate of drug-likeness (QED) is 0.277. The van der Waals surface area contributed by atoms with Gasteiger partial charge >= 0.3 is 0 Å². The lowest BCUT2D eigenvalue weighted by molar-refractivity contribution is -0.134. The Balaban J connectivity index is 1.23. The molecule has 4 heterocycles. The van der Waals surface area contributed by atoms with Crippen molar-refractivity contribution in [1.82, 2.24) is 5.16 Å². The second-order valence-electron chi connectivity index (χ2n) is 10.5. The number of carbonyl (C=O) groups is 2. The molecule has 1 aromatic heterocycles. The highest BCUT2D eigenvalue weighted by Gasteiger charge is 2.77. The standard InChI is InChI=1S/C29H22ClN3O6/c1-28-22(34)14-29(39-28,11-12-37-25-18-13-15(30)7-10-21(18)38-32-25)24-23(28)26(35)33(27(24)36)20-9-8-19(31-2)16-5-3-4-6-17(16)20/h3-10,13,22-24,34H,11-12,14H2,1H3/t22?,23-,24+,28?,29?/m1/s1. The first-order valence-electron chi connectivity index (χ1n) is 12.6. The normalized spacial score (nSPS) is 29.4. The fourth-order valence-electron chi connectivity index (χ4n) is 6.73. The number of fused-ring (bicyclic) bond motifs is 7. The van der Waals surface area contributed by atoms with Crippen molar-refractivity contribution in [2.75, 3.05) is 11.5 Å². The third kappa shape index (κ3) is 3.23. The number of rotatable bonds is 5. The van der Waals surface area contributed by atoms with Gasteiger partial charge in [-0.25, -0.2) is 9.74 Å². The Morgan fingerprint density at radius 2 is 1.90 bits per heavy atom. The van der Waals surface area contributed by atoms with Gasteiger partial charge in [-0.15, -0.1) is 0 Å². The molecule has 0 radical (unpaired) electrons. The van der Waals surface area contributed by atoms with Crippen molar-refractivity contribution in [2.45, 2.75) is 37.1 Å². The SMILES string of the molecule is [C-]#[N+]c1ccc(N2C(=O)[C@@H]3[C@H](C2=O)C2(C)OC3(CCOc3noc4ccc(Cl)cc34)CC2O)c2ccccc12. The first-order chi connectivity index (χ1) is 18.8. The maximum absolute atomic E-state index is 14.0. The van der Waals surface area contributed by atoms with Crippen molar-refractivity contribution < 1.29 is 28.7 Å². The second kappa shape index (κ2) is 8.26. The molecule has 2 amide bonds. The zero-order chi connectivity index (χ0) is 27.1. The molecule has 10 heteroatoms. The molecule has 3 unspecified atom stereocenters. The molecular formula is C29H22ClN3O6. The van der Waals surface area contributed by atoms with Crippen molar-refractivity contribution >= 4 is 56.5 Å². The Hall–Kier alpha value is -3.97. The third-order valence-corrected chi connectivity index (χ3v) is 8.75. The highest BCUT2D eigenvalue weighted by Crippen LogP contribution is 2.62. The molecule has 7 rings (SSSR count). The molecule has 39 heavy (non-hydrogen) atoms. The van der Waals surface area contributed by atoms with Crippen LogP contribution in [0.4, 0.5) is 11.4 Å². The molecule has 3 saturated heterocycles. The summed E-state index contributed by atoms with van der Waals surface area (Å²) < 4.78 is 17.6. The van der Waals surface area contributed by atoms with E-state index in [4.69, 9.17) is 32.2 Å². The van der Waals surface area contributed by atoms with Crippen LogP contribution in [0.25, 0.3) is 26.6 Å². The van der Waals surface area contributed by atoms with Crippen LogP contribution in [-0.2, 0) is 14.3 Å². The van der Waals surface area contributed by atoms with Crippen molar-refractivity contribution in [1.29, 1.82) is 0 Å². The van der Waals surface area contributed by atoms with E-state index in [1.165, 1.54) is 4.90 Å². The van der Waals surface area contributed by atoms with Gasteiger partial charge in [0.2, 0.25) is 11.8 Å². The molecule has 196 valence electrons. The summed E-state index contributed by atoms with van der Waals surface area (Å²) in [6, 6.07) is 15.6. The molecule has 2 bridgehead atoms. The van der Waals surface area contributed by atoms with E-state index >= 15 is 0 Å². The minimum Gasteiger partial charge on any atom is -0.475 e. The number of halogens is 1. The topological polar surface area (TPSA) is 106 Å². The van der Waals surface area contributed by atoms with Gasteiger partial charge in [0.1, 0.15) is 5.60 Å². The molecule has 4 aromatic rings. The molecule has 3 aromatic carbocycles. The van der Waals surface area contributed by atoms with Crippen LogP contribution in [0, 0.1) is 18.4 Å². The van der Waals surface area contributed by atoms with Crippen LogP contribution in [0.15, 0.2) is 59.1 Å². The molecule has 3 fully saturated rings. The second-order valence-corrected chi connectivity index (χ2v) is 11.0. The first-order valence-corrected chi connectivity index (χ1v) is 13.0. The number of nitrogens with zero attached hydrogens (tertiary/aromatic N) is 3. The number of hydrogen-bond acceptors (Lipinski definition) is 7. The van der Waals surface area contributed by atoms with E-state index < -0.39 is 35.0 Å². The molecule has 0 saturated carbocycles. The average molecular weight is 544 g/mol. The first kappa shape index (κ1) is 24.1. The lowest BCUT2D eigenvalue weighted by atomic mass is 9.66. The minimum absolute atomic E-state index is 0.115. The van der Waals surface area contributed by atoms with Gasteiger partial charge in [0.15, 0.2) is 11.3 Å². The molecule has 9 nitrogen and oxygen atoms in total. The van der Waals surface area contributed by atoms with Gasteiger partial charge in [-0.2, -0.15) is 0 Å². The van der Waals surface area contributed by atoms with Crippen molar-refractivity contribution in [3.05, 3.63) is 71.0 Å². The lowest BCUT2D eigenvalue weighted by Gasteiger charge is -2.33. The smallest absolute Gasteiger partial charge is 0.262 e. The Kier molecular flexibility index (Phi) is 5.11. The summed E-state index contributed by atoms with van der Waals surface area (Å²) in [5, 5.41) is 17.4. The number of imide groups is 1. The fraction of sp³-hybridized carbons (Fsp3) is 0.310. The van der Waals surface area contributed by atoms with E-state index in [-0.39, 0.29) is 31.2 Å². The van der Waals surface area contributed by atoms with Crippen molar-refractivity contribution in [2.24, 2.45) is 11.8 Å². The summed E-state index contributed by atoms with van der Waals surface area (Å²) in [4.78, 5) is 32.7. The molecule has 0 aliphatic carbocycles. The number of amides is 2. The van der Waals surface area contributed by atoms with Gasteiger partial charge in [-0.3, -0.25) is 9.59 Å².